The number of nitrogens with zero attached hydrogens (tertiary/aromatic N) is 2. The van der Waals surface area contributed by atoms with Gasteiger partial charge in [0.15, 0.2) is 0 Å². The third-order valence-electron chi connectivity index (χ3n) is 8.75. The van der Waals surface area contributed by atoms with Gasteiger partial charge in [0.2, 0.25) is 0 Å². The smallest absolute Gasteiger partial charge is 0.133 e. The Morgan fingerprint density at radius 2 is 1.75 bits per heavy atom. The summed E-state index contributed by atoms with van der Waals surface area (Å²) in [5.74, 6) is 4.90. The Morgan fingerprint density at radius 3 is 2.45 bits per heavy atom. The summed E-state index contributed by atoms with van der Waals surface area (Å²) in [6.07, 6.45) is 13.6. The zero-order valence-electron chi connectivity index (χ0n) is 23.3. The number of hydrogen-bond donors (Lipinski definition) is 3. The van der Waals surface area contributed by atoms with Crippen molar-refractivity contribution in [1.82, 2.24) is 25.3 Å². The van der Waals surface area contributed by atoms with Crippen LogP contribution in [0.4, 0.5) is 4.39 Å². The van der Waals surface area contributed by atoms with Crippen LogP contribution in [0.2, 0.25) is 0 Å². The zero-order chi connectivity index (χ0) is 28.0. The Balaban J connectivity index is 0.000000694. The van der Waals surface area contributed by atoms with Gasteiger partial charge in [0.1, 0.15) is 17.5 Å². The predicted octanol–water partition coefficient (Wildman–Crippen LogP) is 7.81. The van der Waals surface area contributed by atoms with Gasteiger partial charge in [-0.05, 0) is 77.8 Å². The van der Waals surface area contributed by atoms with E-state index in [-0.39, 0.29) is 5.82 Å². The van der Waals surface area contributed by atoms with Crippen LogP contribution in [0.15, 0.2) is 54.7 Å². The van der Waals surface area contributed by atoms with Crippen molar-refractivity contribution in [3.8, 4) is 35.2 Å². The largest absolute Gasteiger partial charge is 0.342 e. The van der Waals surface area contributed by atoms with Crippen LogP contribution in [0.1, 0.15) is 57.6 Å². The first-order chi connectivity index (χ1) is 19.6. The molecule has 3 aliphatic carbocycles. The first-order valence-electron chi connectivity index (χ1n) is 14.4. The molecule has 6 heteroatoms. The van der Waals surface area contributed by atoms with Crippen molar-refractivity contribution in [2.45, 2.75) is 58.5 Å². The number of terminal acetylenes is 1. The minimum Gasteiger partial charge on any atom is -0.342 e. The van der Waals surface area contributed by atoms with Crippen molar-refractivity contribution in [1.29, 1.82) is 0 Å². The van der Waals surface area contributed by atoms with Gasteiger partial charge in [0.25, 0.3) is 0 Å². The maximum atomic E-state index is 15.2. The topological polar surface area (TPSA) is 69.4 Å². The molecule has 0 amide bonds. The van der Waals surface area contributed by atoms with E-state index in [4.69, 9.17) is 4.98 Å². The lowest BCUT2D eigenvalue weighted by Crippen LogP contribution is -2.17. The summed E-state index contributed by atoms with van der Waals surface area (Å²) >= 11 is 0. The second-order valence-corrected chi connectivity index (χ2v) is 11.2. The molecule has 2 heterocycles. The number of aromatic amines is 2. The third-order valence-corrected chi connectivity index (χ3v) is 8.75. The molecule has 5 nitrogen and oxygen atoms in total. The third kappa shape index (κ3) is 4.69. The average Bonchev–Trinajstić information content (AvgIpc) is 3.66. The van der Waals surface area contributed by atoms with Crippen LogP contribution in [0.3, 0.4) is 0 Å². The maximum Gasteiger partial charge on any atom is 0.133 e. The SMILES string of the molecule is C#C.CC.CC1C[C@H]1NCc1ncc(-c2ccc(-c3ccc4c(ccc5[nH]c([C@@H]6C[C@H]7CC76)nc54)c3)cc2F)[nH]1. The number of H-pyrrole nitrogens is 2. The molecule has 2 aromatic heterocycles. The Morgan fingerprint density at radius 1 is 0.975 bits per heavy atom. The van der Waals surface area contributed by atoms with Crippen molar-refractivity contribution < 1.29 is 4.39 Å². The van der Waals surface area contributed by atoms with Gasteiger partial charge in [-0.25, -0.2) is 14.4 Å². The summed E-state index contributed by atoms with van der Waals surface area (Å²) in [5.41, 5.74) is 5.25. The highest BCUT2D eigenvalue weighted by atomic mass is 19.1. The van der Waals surface area contributed by atoms with Gasteiger partial charge in [0.05, 0.1) is 29.5 Å². The summed E-state index contributed by atoms with van der Waals surface area (Å²) < 4.78 is 15.2. The van der Waals surface area contributed by atoms with Crippen molar-refractivity contribution in [3.63, 3.8) is 0 Å². The van der Waals surface area contributed by atoms with E-state index in [0.717, 1.165) is 62.3 Å². The van der Waals surface area contributed by atoms with Crippen LogP contribution in [0.5, 0.6) is 0 Å². The van der Waals surface area contributed by atoms with Crippen LogP contribution in [0.25, 0.3) is 44.2 Å². The summed E-state index contributed by atoms with van der Waals surface area (Å²) in [6.45, 7) is 6.92. The van der Waals surface area contributed by atoms with Crippen LogP contribution < -0.4 is 5.32 Å². The zero-order valence-corrected chi connectivity index (χ0v) is 23.3. The van der Waals surface area contributed by atoms with Crippen molar-refractivity contribution in [3.05, 3.63) is 72.2 Å². The summed E-state index contributed by atoms with van der Waals surface area (Å²) in [7, 11) is 0. The molecule has 5 aromatic rings. The van der Waals surface area contributed by atoms with Crippen LogP contribution >= 0.6 is 0 Å². The highest BCUT2D eigenvalue weighted by Gasteiger charge is 2.54. The van der Waals surface area contributed by atoms with Gasteiger partial charge in [-0.2, -0.15) is 0 Å². The van der Waals surface area contributed by atoms with Gasteiger partial charge in [-0.3, -0.25) is 0 Å². The standard InChI is InChI=1S/C30H28FN5.C2H6.C2H2/c1-15-8-26(15)32-14-28-33-13-27(34-28)21-6-3-17(12-24(21)31)16-2-5-20-18(9-16)4-7-25-29(20)36-30(35-25)23-11-19-10-22(19)23;2*1-2/h2-7,9,12-13,15,19,22-23,26,32H,8,10-11,14H2,1H3,(H,33,34)(H,35,36);1-2H3;1-2H/t15?,19-,22?,23-,26-;;/m1../s1. The van der Waals surface area contributed by atoms with Gasteiger partial charge >= 0.3 is 0 Å². The molecular weight excluding hydrogens is 497 g/mol. The molecule has 3 N–H and O–H groups in total. The molecule has 3 aromatic carbocycles. The molecule has 0 aliphatic heterocycles. The van der Waals surface area contributed by atoms with E-state index in [2.05, 4.69) is 70.4 Å². The number of hydrogen-bond acceptors (Lipinski definition) is 3. The molecule has 204 valence electrons. The molecule has 3 fully saturated rings. The molecule has 2 unspecified atom stereocenters. The van der Waals surface area contributed by atoms with E-state index < -0.39 is 0 Å². The van der Waals surface area contributed by atoms with Crippen LogP contribution in [-0.2, 0) is 6.54 Å². The van der Waals surface area contributed by atoms with Crippen LogP contribution in [0, 0.1) is 36.4 Å². The maximum absolute atomic E-state index is 15.2. The summed E-state index contributed by atoms with van der Waals surface area (Å²) in [5, 5.41) is 5.74. The van der Waals surface area contributed by atoms with E-state index in [0.29, 0.717) is 29.8 Å². The lowest BCUT2D eigenvalue weighted by molar-refractivity contribution is 0.374. The molecule has 0 bridgehead atoms. The summed E-state index contributed by atoms with van der Waals surface area (Å²) in [6, 6.07) is 16.6. The molecule has 5 atom stereocenters. The molecule has 3 aliphatic rings. The lowest BCUT2D eigenvalue weighted by Gasteiger charge is -2.21. The van der Waals surface area contributed by atoms with Gasteiger partial charge in [-0.15, -0.1) is 12.8 Å². The monoisotopic (exact) mass is 533 g/mol. The molecule has 0 spiro atoms. The van der Waals surface area contributed by atoms with E-state index in [9.17, 15) is 0 Å². The number of benzene rings is 3. The second-order valence-electron chi connectivity index (χ2n) is 11.2. The van der Waals surface area contributed by atoms with Gasteiger partial charge in [0, 0.05) is 22.9 Å². The number of rotatable bonds is 6. The quantitative estimate of drug-likeness (QED) is 0.195. The van der Waals surface area contributed by atoms with E-state index in [1.807, 2.05) is 26.0 Å². The normalized spacial score (nSPS) is 23.8. The van der Waals surface area contributed by atoms with Crippen LogP contribution in [-0.4, -0.2) is 26.0 Å². The Kier molecular flexibility index (Phi) is 6.93. The Hall–Kier alpha value is -3.95. The highest BCUT2D eigenvalue weighted by Crippen LogP contribution is 2.63. The number of aromatic nitrogens is 4. The molecule has 8 rings (SSSR count). The fourth-order valence-corrected chi connectivity index (χ4v) is 6.17. The van der Waals surface area contributed by atoms with Gasteiger partial charge < -0.3 is 15.3 Å². The molecule has 0 radical (unpaired) electrons. The highest BCUT2D eigenvalue weighted by molar-refractivity contribution is 6.05. The molecular formula is C34H36FN5. The second kappa shape index (κ2) is 10.6. The number of fused-ring (bicyclic) bond motifs is 4. The fraction of sp³-hybridized carbons (Fsp3) is 0.353. The van der Waals surface area contributed by atoms with E-state index >= 15 is 4.39 Å². The van der Waals surface area contributed by atoms with Crippen molar-refractivity contribution in [2.24, 2.45) is 17.8 Å². The summed E-state index contributed by atoms with van der Waals surface area (Å²) in [4.78, 5) is 16.3. The van der Waals surface area contributed by atoms with E-state index in [1.54, 1.807) is 12.3 Å². The average molecular weight is 534 g/mol. The Labute approximate surface area is 235 Å². The molecule has 40 heavy (non-hydrogen) atoms. The number of halogens is 1. The minimum atomic E-state index is -0.252. The molecule has 3 saturated carbocycles. The van der Waals surface area contributed by atoms with Crippen molar-refractivity contribution in [2.75, 3.05) is 0 Å². The first kappa shape index (κ1) is 26.3. The predicted molar refractivity (Wildman–Crippen MR) is 161 cm³/mol. The first-order valence-corrected chi connectivity index (χ1v) is 14.4. The van der Waals surface area contributed by atoms with E-state index in [1.165, 1.54) is 19.3 Å². The number of nitrogens with one attached hydrogen (secondary N) is 3. The number of imidazole rings is 2. The van der Waals surface area contributed by atoms with Gasteiger partial charge in [-0.1, -0.05) is 45.0 Å². The minimum absolute atomic E-state index is 0.252. The fourth-order valence-electron chi connectivity index (χ4n) is 6.17. The lowest BCUT2D eigenvalue weighted by atomic mass is 9.85. The molecule has 0 saturated heterocycles. The van der Waals surface area contributed by atoms with Crippen molar-refractivity contribution >= 4 is 21.8 Å². The Bertz CT molecular complexity index is 1690.